The minimum atomic E-state index is -0.725. The average molecular weight is 621 g/mol. The van der Waals surface area contributed by atoms with Gasteiger partial charge in [0.2, 0.25) is 5.95 Å². The number of ether oxygens (including phenoxy) is 2. The monoisotopic (exact) mass is 620 g/mol. The van der Waals surface area contributed by atoms with Gasteiger partial charge in [-0.15, -0.1) is 0 Å². The maximum Gasteiger partial charge on any atom is 0.270 e. The van der Waals surface area contributed by atoms with E-state index in [4.69, 9.17) is 18.9 Å². The molecule has 3 aliphatic heterocycles. The fraction of sp³-hybridized carbons (Fsp3) is 0.562. The molecule has 6 rings (SSSR count). The molecule has 13 nitrogen and oxygen atoms in total. The number of aromatic nitrogens is 3. The largest absolute Gasteiger partial charge is 0.486 e. The van der Waals surface area contributed by atoms with Crippen LogP contribution in [0.25, 0.3) is 0 Å². The van der Waals surface area contributed by atoms with Crippen LogP contribution in [0.2, 0.25) is 0 Å². The SMILES string of the molecule is CC(C)(C)N1CCN(c2nc(NC3COC3)cc(C(=O)NC[C@H](O)CN3CCc4cc(OCc5cnco5)ccc4C3)n2)CC1. The molecule has 0 saturated carbocycles. The lowest BCUT2D eigenvalue weighted by Gasteiger charge is -2.42. The first kappa shape index (κ1) is 31.2. The first-order valence-electron chi connectivity index (χ1n) is 15.7. The second-order valence-electron chi connectivity index (χ2n) is 13.0. The number of amides is 1. The second kappa shape index (κ2) is 13.7. The summed E-state index contributed by atoms with van der Waals surface area (Å²) < 4.78 is 16.4. The number of aliphatic hydroxyl groups is 1. The zero-order valence-electron chi connectivity index (χ0n) is 26.4. The Morgan fingerprint density at radius 1 is 1.11 bits per heavy atom. The van der Waals surface area contributed by atoms with Crippen LogP contribution in [0.4, 0.5) is 11.8 Å². The van der Waals surface area contributed by atoms with E-state index in [9.17, 15) is 9.90 Å². The Morgan fingerprint density at radius 3 is 2.64 bits per heavy atom. The Morgan fingerprint density at radius 2 is 1.93 bits per heavy atom. The van der Waals surface area contributed by atoms with E-state index in [1.807, 2.05) is 6.07 Å². The van der Waals surface area contributed by atoms with Gasteiger partial charge in [0, 0.05) is 64.0 Å². The van der Waals surface area contributed by atoms with Crippen LogP contribution in [0.1, 0.15) is 48.1 Å². The van der Waals surface area contributed by atoms with Crippen molar-refractivity contribution in [2.24, 2.45) is 0 Å². The van der Waals surface area contributed by atoms with Crippen molar-refractivity contribution in [3.8, 4) is 5.75 Å². The molecule has 0 aliphatic carbocycles. The molecule has 0 radical (unpaired) electrons. The number of hydrogen-bond acceptors (Lipinski definition) is 12. The fourth-order valence-corrected chi connectivity index (χ4v) is 5.84. The summed E-state index contributed by atoms with van der Waals surface area (Å²) in [6.07, 6.45) is 3.16. The van der Waals surface area contributed by atoms with Gasteiger partial charge in [-0.2, -0.15) is 4.98 Å². The van der Waals surface area contributed by atoms with Crippen molar-refractivity contribution in [3.63, 3.8) is 0 Å². The number of rotatable bonds is 11. The van der Waals surface area contributed by atoms with E-state index in [0.717, 1.165) is 51.4 Å². The summed E-state index contributed by atoms with van der Waals surface area (Å²) >= 11 is 0. The van der Waals surface area contributed by atoms with Crippen LogP contribution in [0.5, 0.6) is 5.75 Å². The molecule has 13 heteroatoms. The van der Waals surface area contributed by atoms with Crippen molar-refractivity contribution in [3.05, 3.63) is 59.4 Å². The van der Waals surface area contributed by atoms with Crippen molar-refractivity contribution < 1.29 is 23.8 Å². The number of fused-ring (bicyclic) bond motifs is 1. The van der Waals surface area contributed by atoms with Gasteiger partial charge in [-0.05, 0) is 50.5 Å². The lowest BCUT2D eigenvalue weighted by Crippen LogP contribution is -2.53. The Labute approximate surface area is 263 Å². The van der Waals surface area contributed by atoms with Gasteiger partial charge < -0.3 is 34.5 Å². The predicted octanol–water partition coefficient (Wildman–Crippen LogP) is 1.92. The number of nitrogens with zero attached hydrogens (tertiary/aromatic N) is 6. The molecule has 242 valence electrons. The highest BCUT2D eigenvalue weighted by atomic mass is 16.5. The lowest BCUT2D eigenvalue weighted by atomic mass is 9.99. The third kappa shape index (κ3) is 8.09. The molecular weight excluding hydrogens is 576 g/mol. The molecule has 3 aliphatic rings. The number of nitrogens with one attached hydrogen (secondary N) is 2. The molecule has 2 saturated heterocycles. The highest BCUT2D eigenvalue weighted by Crippen LogP contribution is 2.25. The summed E-state index contributed by atoms with van der Waals surface area (Å²) in [5.41, 5.74) is 2.82. The van der Waals surface area contributed by atoms with Gasteiger partial charge in [0.05, 0.1) is 31.6 Å². The van der Waals surface area contributed by atoms with E-state index < -0.39 is 6.10 Å². The third-order valence-corrected chi connectivity index (χ3v) is 8.55. The van der Waals surface area contributed by atoms with Crippen molar-refractivity contribution >= 4 is 17.7 Å². The lowest BCUT2D eigenvalue weighted by molar-refractivity contribution is 0.0209. The number of benzene rings is 1. The van der Waals surface area contributed by atoms with Crippen molar-refractivity contribution in [2.45, 2.75) is 58.0 Å². The van der Waals surface area contributed by atoms with Crippen LogP contribution >= 0.6 is 0 Å². The zero-order chi connectivity index (χ0) is 31.4. The summed E-state index contributed by atoms with van der Waals surface area (Å²) in [6, 6.07) is 7.94. The van der Waals surface area contributed by atoms with E-state index in [1.165, 1.54) is 17.5 Å². The van der Waals surface area contributed by atoms with Crippen molar-refractivity contribution in [2.75, 3.05) is 69.2 Å². The van der Waals surface area contributed by atoms with Gasteiger partial charge in [-0.1, -0.05) is 6.07 Å². The Hall–Kier alpha value is -3.78. The number of β-amino-alcohol motifs (C(OH)–C–C–N with tert-alkyl or cyclic N) is 1. The Balaban J connectivity index is 1.02. The minimum Gasteiger partial charge on any atom is -0.486 e. The predicted molar refractivity (Wildman–Crippen MR) is 168 cm³/mol. The zero-order valence-corrected chi connectivity index (χ0v) is 26.4. The molecule has 1 aromatic carbocycles. The van der Waals surface area contributed by atoms with E-state index in [1.54, 1.807) is 12.3 Å². The molecule has 3 N–H and O–H groups in total. The highest BCUT2D eigenvalue weighted by molar-refractivity contribution is 5.93. The highest BCUT2D eigenvalue weighted by Gasteiger charge is 2.28. The first-order chi connectivity index (χ1) is 21.7. The van der Waals surface area contributed by atoms with Gasteiger partial charge in [0.25, 0.3) is 5.91 Å². The normalized spacial score (nSPS) is 18.6. The molecule has 1 amide bonds. The summed E-state index contributed by atoms with van der Waals surface area (Å²) in [7, 11) is 0. The summed E-state index contributed by atoms with van der Waals surface area (Å²) in [6.45, 7) is 13.7. The van der Waals surface area contributed by atoms with Crippen LogP contribution in [0.15, 0.2) is 41.3 Å². The first-order valence-corrected chi connectivity index (χ1v) is 15.7. The molecule has 0 spiro atoms. The molecule has 0 bridgehead atoms. The molecule has 1 atom stereocenters. The fourth-order valence-electron chi connectivity index (χ4n) is 5.84. The van der Waals surface area contributed by atoms with Crippen LogP contribution in [0, 0.1) is 0 Å². The molecule has 5 heterocycles. The number of carbonyl (C=O) groups excluding carboxylic acids is 1. The van der Waals surface area contributed by atoms with Crippen LogP contribution in [-0.2, 0) is 24.3 Å². The van der Waals surface area contributed by atoms with E-state index >= 15 is 0 Å². The molecule has 2 aromatic heterocycles. The third-order valence-electron chi connectivity index (χ3n) is 8.55. The Kier molecular flexibility index (Phi) is 9.50. The van der Waals surface area contributed by atoms with E-state index in [0.29, 0.717) is 43.9 Å². The van der Waals surface area contributed by atoms with E-state index in [2.05, 4.69) is 68.2 Å². The van der Waals surface area contributed by atoms with Gasteiger partial charge in [0.1, 0.15) is 23.9 Å². The van der Waals surface area contributed by atoms with Gasteiger partial charge in [-0.25, -0.2) is 9.97 Å². The topological polar surface area (TPSA) is 141 Å². The second-order valence-corrected chi connectivity index (χ2v) is 13.0. The number of anilines is 2. The number of oxazole rings is 1. The van der Waals surface area contributed by atoms with Gasteiger partial charge in [-0.3, -0.25) is 14.6 Å². The summed E-state index contributed by atoms with van der Waals surface area (Å²) in [5.74, 6) is 2.28. The van der Waals surface area contributed by atoms with Crippen molar-refractivity contribution in [1.82, 2.24) is 30.1 Å². The van der Waals surface area contributed by atoms with E-state index in [-0.39, 0.29) is 29.7 Å². The Bertz CT molecular complexity index is 1430. The maximum atomic E-state index is 13.3. The number of hydrogen-bond donors (Lipinski definition) is 3. The molecule has 3 aromatic rings. The minimum absolute atomic E-state index is 0.0990. The van der Waals surface area contributed by atoms with Crippen LogP contribution < -0.4 is 20.3 Å². The molecular formula is C32H44N8O5. The van der Waals surface area contributed by atoms with Gasteiger partial charge in [0.15, 0.2) is 12.2 Å². The standard InChI is InChI=1S/C32H44N8O5/c1-32(2,3)40-10-8-39(9-11-40)31-36-28(13-29(37-31)35-24-18-43-19-24)30(42)34-14-25(41)17-38-7-6-22-12-26(5-4-23(22)16-38)44-20-27-15-33-21-45-27/h4-5,12-13,15,21,24-25,41H,6-11,14,16-20H2,1-3H3,(H,34,42)(H,35,36,37)/t25-/m0/s1. The maximum absolute atomic E-state index is 13.3. The van der Waals surface area contributed by atoms with Crippen LogP contribution in [-0.4, -0.2) is 112 Å². The number of piperazine rings is 1. The van der Waals surface area contributed by atoms with Crippen LogP contribution in [0.3, 0.4) is 0 Å². The average Bonchev–Trinajstić information content (AvgIpc) is 3.54. The van der Waals surface area contributed by atoms with Gasteiger partial charge >= 0.3 is 0 Å². The molecule has 2 fully saturated rings. The smallest absolute Gasteiger partial charge is 0.270 e. The summed E-state index contributed by atoms with van der Waals surface area (Å²) in [5, 5.41) is 17.1. The molecule has 0 unspecified atom stereocenters. The number of carbonyl (C=O) groups is 1. The molecule has 45 heavy (non-hydrogen) atoms. The number of aliphatic hydroxyl groups excluding tert-OH is 1. The quantitative estimate of drug-likeness (QED) is 0.288. The van der Waals surface area contributed by atoms with Crippen molar-refractivity contribution in [1.29, 1.82) is 0 Å². The summed E-state index contributed by atoms with van der Waals surface area (Å²) in [4.78, 5) is 33.4.